The number of para-hydroxylation sites is 1. The molecule has 0 aliphatic carbocycles. The van der Waals surface area contributed by atoms with E-state index in [9.17, 15) is 4.79 Å². The molecular formula is C20H26N6O. The van der Waals surface area contributed by atoms with Crippen LogP contribution in [0.15, 0.2) is 42.7 Å². The van der Waals surface area contributed by atoms with Crippen molar-refractivity contribution in [2.75, 3.05) is 19.6 Å². The van der Waals surface area contributed by atoms with Gasteiger partial charge in [0.15, 0.2) is 0 Å². The summed E-state index contributed by atoms with van der Waals surface area (Å²) in [5.41, 5.74) is 2.28. The number of hydrogen-bond donors (Lipinski definition) is 2. The Morgan fingerprint density at radius 1 is 1.22 bits per heavy atom. The molecule has 27 heavy (non-hydrogen) atoms. The Bertz CT molecular complexity index is 893. The third-order valence-electron chi connectivity index (χ3n) is 5.18. The number of aryl methyl sites for hydroxylation is 1. The van der Waals surface area contributed by atoms with E-state index in [1.54, 1.807) is 6.20 Å². The predicted molar refractivity (Wildman–Crippen MR) is 104 cm³/mol. The molecule has 2 N–H and O–H groups in total. The Balaban J connectivity index is 1.25. The monoisotopic (exact) mass is 366 g/mol. The first-order valence-corrected chi connectivity index (χ1v) is 9.71. The van der Waals surface area contributed by atoms with Gasteiger partial charge in [0.25, 0.3) is 0 Å². The maximum atomic E-state index is 12.3. The van der Waals surface area contributed by atoms with Gasteiger partial charge in [-0.3, -0.25) is 14.2 Å². The number of hydrogen-bond acceptors (Lipinski definition) is 4. The quantitative estimate of drug-likeness (QED) is 0.626. The van der Waals surface area contributed by atoms with Crippen molar-refractivity contribution in [2.24, 2.45) is 0 Å². The largest absolute Gasteiger partial charge is 0.354 e. The number of fused-ring (bicyclic) bond motifs is 1. The van der Waals surface area contributed by atoms with E-state index in [2.05, 4.69) is 33.0 Å². The first kappa shape index (κ1) is 17.7. The fraction of sp³-hybridized carbons (Fsp3) is 0.450. The van der Waals surface area contributed by atoms with Crippen LogP contribution in [0.4, 0.5) is 0 Å². The molecule has 1 atom stereocenters. The second-order valence-corrected chi connectivity index (χ2v) is 7.09. The molecule has 0 bridgehead atoms. The maximum absolute atomic E-state index is 12.3. The Morgan fingerprint density at radius 2 is 2.15 bits per heavy atom. The summed E-state index contributed by atoms with van der Waals surface area (Å²) < 4.78 is 3.83. The van der Waals surface area contributed by atoms with Crippen LogP contribution >= 0.6 is 0 Å². The van der Waals surface area contributed by atoms with Gasteiger partial charge in [-0.25, -0.2) is 0 Å². The van der Waals surface area contributed by atoms with Crippen LogP contribution in [0.2, 0.25) is 0 Å². The van der Waals surface area contributed by atoms with Gasteiger partial charge in [0.05, 0.1) is 11.7 Å². The van der Waals surface area contributed by atoms with E-state index in [1.165, 1.54) is 6.42 Å². The Kier molecular flexibility index (Phi) is 5.48. The molecule has 7 heteroatoms. The summed E-state index contributed by atoms with van der Waals surface area (Å²) in [6.45, 7) is 3.74. The maximum Gasteiger partial charge on any atom is 0.241 e. The molecule has 1 fully saturated rings. The molecule has 0 radical (unpaired) electrons. The molecule has 1 saturated heterocycles. The second-order valence-electron chi connectivity index (χ2n) is 7.09. The lowest BCUT2D eigenvalue weighted by Crippen LogP contribution is -2.33. The van der Waals surface area contributed by atoms with Crippen LogP contribution in [-0.4, -0.2) is 45.1 Å². The average Bonchev–Trinajstić information content (AvgIpc) is 3.33. The Labute approximate surface area is 158 Å². The Hall–Kier alpha value is -2.67. The lowest BCUT2D eigenvalue weighted by atomic mass is 9.96. The third-order valence-corrected chi connectivity index (χ3v) is 5.18. The van der Waals surface area contributed by atoms with Crippen LogP contribution < -0.4 is 10.6 Å². The summed E-state index contributed by atoms with van der Waals surface area (Å²) >= 11 is 0. The molecule has 0 saturated carbocycles. The van der Waals surface area contributed by atoms with Gasteiger partial charge >= 0.3 is 0 Å². The molecule has 7 nitrogen and oxygen atoms in total. The minimum absolute atomic E-state index is 0.00837. The van der Waals surface area contributed by atoms with E-state index in [0.717, 1.165) is 49.1 Å². The van der Waals surface area contributed by atoms with E-state index in [-0.39, 0.29) is 12.5 Å². The van der Waals surface area contributed by atoms with Crippen LogP contribution in [0.25, 0.3) is 10.9 Å². The van der Waals surface area contributed by atoms with Crippen molar-refractivity contribution in [3.05, 3.63) is 48.4 Å². The van der Waals surface area contributed by atoms with E-state index >= 15 is 0 Å². The van der Waals surface area contributed by atoms with Crippen LogP contribution in [-0.2, 0) is 17.9 Å². The van der Waals surface area contributed by atoms with Crippen molar-refractivity contribution in [1.29, 1.82) is 0 Å². The zero-order valence-electron chi connectivity index (χ0n) is 15.5. The number of nitrogens with zero attached hydrogens (tertiary/aromatic N) is 4. The van der Waals surface area contributed by atoms with E-state index in [4.69, 9.17) is 0 Å². The molecule has 1 unspecified atom stereocenters. The number of piperidine rings is 1. The summed E-state index contributed by atoms with van der Waals surface area (Å²) in [5.74, 6) is 0.455. The standard InChI is InChI=1S/C20H26N6O/c27-20(15-26-19(8-11-23-26)16-6-3-9-21-13-16)22-10-4-12-25-18-7-2-1-5-17(18)14-24-25/h1-2,5,7-8,11,14,16,21H,3-4,6,9-10,12-13,15H2,(H,22,27). The van der Waals surface area contributed by atoms with Gasteiger partial charge in [-0.1, -0.05) is 18.2 Å². The van der Waals surface area contributed by atoms with Crippen LogP contribution in [0.1, 0.15) is 30.9 Å². The van der Waals surface area contributed by atoms with Gasteiger partial charge in [-0.2, -0.15) is 10.2 Å². The molecule has 3 aromatic rings. The van der Waals surface area contributed by atoms with Crippen LogP contribution in [0.3, 0.4) is 0 Å². The zero-order valence-corrected chi connectivity index (χ0v) is 15.5. The molecule has 2 aromatic heterocycles. The highest BCUT2D eigenvalue weighted by Gasteiger charge is 2.19. The third kappa shape index (κ3) is 4.19. The highest BCUT2D eigenvalue weighted by atomic mass is 16.2. The fourth-order valence-electron chi connectivity index (χ4n) is 3.78. The number of amides is 1. The number of carbonyl (C=O) groups is 1. The van der Waals surface area contributed by atoms with Crippen molar-refractivity contribution in [3.8, 4) is 0 Å². The van der Waals surface area contributed by atoms with Crippen LogP contribution in [0, 0.1) is 0 Å². The number of nitrogens with one attached hydrogen (secondary N) is 2. The van der Waals surface area contributed by atoms with Gasteiger partial charge < -0.3 is 10.6 Å². The first-order valence-electron chi connectivity index (χ1n) is 9.71. The van der Waals surface area contributed by atoms with Crippen molar-refractivity contribution in [1.82, 2.24) is 30.2 Å². The number of rotatable bonds is 7. The van der Waals surface area contributed by atoms with Crippen molar-refractivity contribution >= 4 is 16.8 Å². The van der Waals surface area contributed by atoms with Crippen LogP contribution in [0.5, 0.6) is 0 Å². The molecule has 0 spiro atoms. The smallest absolute Gasteiger partial charge is 0.241 e. The minimum atomic E-state index is 0.00837. The predicted octanol–water partition coefficient (Wildman–Crippen LogP) is 1.91. The summed E-state index contributed by atoms with van der Waals surface area (Å²) in [6, 6.07) is 10.2. The van der Waals surface area contributed by atoms with Crippen molar-refractivity contribution < 1.29 is 4.79 Å². The minimum Gasteiger partial charge on any atom is -0.354 e. The topological polar surface area (TPSA) is 76.8 Å². The van der Waals surface area contributed by atoms with Crippen molar-refractivity contribution in [2.45, 2.75) is 38.3 Å². The molecule has 3 heterocycles. The SMILES string of the molecule is O=C(Cn1nccc1C1CCCNC1)NCCCn1ncc2ccccc21. The number of aromatic nitrogens is 4. The van der Waals surface area contributed by atoms with Gasteiger partial charge in [0.1, 0.15) is 6.54 Å². The number of benzene rings is 1. The van der Waals surface area contributed by atoms with Gasteiger partial charge in [-0.05, 0) is 37.9 Å². The lowest BCUT2D eigenvalue weighted by Gasteiger charge is -2.23. The van der Waals surface area contributed by atoms with Gasteiger partial charge in [-0.15, -0.1) is 0 Å². The number of carbonyl (C=O) groups excluding carboxylic acids is 1. The molecular weight excluding hydrogens is 340 g/mol. The molecule has 142 valence electrons. The Morgan fingerprint density at radius 3 is 3.04 bits per heavy atom. The first-order chi connectivity index (χ1) is 13.3. The summed E-state index contributed by atoms with van der Waals surface area (Å²) in [6.07, 6.45) is 6.84. The highest BCUT2D eigenvalue weighted by molar-refractivity contribution is 5.78. The van der Waals surface area contributed by atoms with E-state index in [0.29, 0.717) is 12.5 Å². The highest BCUT2D eigenvalue weighted by Crippen LogP contribution is 2.22. The molecule has 1 aromatic carbocycles. The van der Waals surface area contributed by atoms with E-state index in [1.807, 2.05) is 33.8 Å². The van der Waals surface area contributed by atoms with E-state index < -0.39 is 0 Å². The molecule has 4 rings (SSSR count). The molecule has 1 aliphatic heterocycles. The second kappa shape index (κ2) is 8.35. The normalized spacial score (nSPS) is 17.3. The lowest BCUT2D eigenvalue weighted by molar-refractivity contribution is -0.121. The molecule has 1 aliphatic rings. The summed E-state index contributed by atoms with van der Waals surface area (Å²) in [5, 5.41) is 16.3. The van der Waals surface area contributed by atoms with Crippen molar-refractivity contribution in [3.63, 3.8) is 0 Å². The van der Waals surface area contributed by atoms with Gasteiger partial charge in [0.2, 0.25) is 5.91 Å². The molecule has 1 amide bonds. The fourth-order valence-corrected chi connectivity index (χ4v) is 3.78. The summed E-state index contributed by atoms with van der Waals surface area (Å²) in [7, 11) is 0. The van der Waals surface area contributed by atoms with Gasteiger partial charge in [0, 0.05) is 42.8 Å². The summed E-state index contributed by atoms with van der Waals surface area (Å²) in [4.78, 5) is 12.3. The zero-order chi connectivity index (χ0) is 18.5. The average molecular weight is 366 g/mol.